The molecule has 3 aromatic heterocycles. The number of nitrogens with one attached hydrogen (secondary N) is 1. The molecule has 0 radical (unpaired) electrons. The summed E-state index contributed by atoms with van der Waals surface area (Å²) in [6.45, 7) is 3.42. The van der Waals surface area contributed by atoms with Crippen molar-refractivity contribution in [3.05, 3.63) is 71.3 Å². The number of aromatic nitrogens is 5. The molecule has 0 fully saturated rings. The lowest BCUT2D eigenvalue weighted by Gasteiger charge is -2.14. The minimum Gasteiger partial charge on any atom is -0.496 e. The number of carbonyl (C=O) groups is 1. The maximum Gasteiger partial charge on any atom is 0.296 e. The van der Waals surface area contributed by atoms with Gasteiger partial charge in [0, 0.05) is 17.5 Å². The Morgan fingerprint density at radius 3 is 2.74 bits per heavy atom. The van der Waals surface area contributed by atoms with Crippen LogP contribution in [0.4, 0.5) is 9.52 Å². The van der Waals surface area contributed by atoms with E-state index in [9.17, 15) is 14.3 Å². The summed E-state index contributed by atoms with van der Waals surface area (Å²) in [4.78, 5) is 25.5. The van der Waals surface area contributed by atoms with Crippen LogP contribution in [0.1, 0.15) is 40.5 Å². The Hall–Kier alpha value is -4.03. The highest BCUT2D eigenvalue weighted by Gasteiger charge is 2.21. The van der Waals surface area contributed by atoms with Crippen LogP contribution in [-0.4, -0.2) is 43.3 Å². The topological polar surface area (TPSA) is 132 Å². The van der Waals surface area contributed by atoms with Crippen LogP contribution in [0.3, 0.4) is 0 Å². The van der Waals surface area contributed by atoms with E-state index < -0.39 is 17.8 Å². The zero-order chi connectivity index (χ0) is 24.9. The molecule has 3 heterocycles. The number of hydrogen-bond donors (Lipinski definition) is 2. The van der Waals surface area contributed by atoms with Gasteiger partial charge in [-0.05, 0) is 43.4 Å². The average Bonchev–Trinajstić information content (AvgIpc) is 3.29. The number of benzene rings is 1. The maximum atomic E-state index is 14.7. The monoisotopic (exact) mass is 496 g/mol. The Bertz CT molecular complexity index is 1350. The first-order valence-electron chi connectivity index (χ1n) is 10.4. The van der Waals surface area contributed by atoms with Crippen molar-refractivity contribution in [2.24, 2.45) is 0 Å². The van der Waals surface area contributed by atoms with Crippen LogP contribution < -0.4 is 14.8 Å². The van der Waals surface area contributed by atoms with Gasteiger partial charge in [0.15, 0.2) is 0 Å². The fourth-order valence-corrected chi connectivity index (χ4v) is 3.75. The fraction of sp³-hybridized carbons (Fsp3) is 0.217. The highest BCUT2D eigenvalue weighted by atomic mass is 32.1. The number of hydrogen-bond acceptors (Lipinski definition) is 10. The molecule has 1 amide bonds. The molecule has 0 aliphatic heterocycles. The Kier molecular flexibility index (Phi) is 7.22. The number of aliphatic hydroxyl groups excluding tert-OH is 1. The molecule has 0 saturated heterocycles. The van der Waals surface area contributed by atoms with Crippen molar-refractivity contribution in [3.8, 4) is 22.1 Å². The number of carbonyl (C=O) groups excluding carboxylic acids is 1. The zero-order valence-corrected chi connectivity index (χ0v) is 19.8. The van der Waals surface area contributed by atoms with Crippen molar-refractivity contribution in [1.82, 2.24) is 25.1 Å². The second-order valence-electron chi connectivity index (χ2n) is 7.41. The van der Waals surface area contributed by atoms with Crippen LogP contribution >= 0.6 is 11.3 Å². The second kappa shape index (κ2) is 10.5. The average molecular weight is 497 g/mol. The van der Waals surface area contributed by atoms with E-state index in [-0.39, 0.29) is 28.1 Å². The van der Waals surface area contributed by atoms with Crippen molar-refractivity contribution in [2.75, 3.05) is 12.4 Å². The van der Waals surface area contributed by atoms with Gasteiger partial charge in [0.2, 0.25) is 5.13 Å². The van der Waals surface area contributed by atoms with E-state index >= 15 is 0 Å². The van der Waals surface area contributed by atoms with Gasteiger partial charge in [0.25, 0.3) is 11.1 Å². The van der Waals surface area contributed by atoms with Gasteiger partial charge < -0.3 is 14.6 Å². The Labute approximate surface area is 203 Å². The van der Waals surface area contributed by atoms with E-state index in [1.165, 1.54) is 37.8 Å². The van der Waals surface area contributed by atoms with Gasteiger partial charge in [-0.1, -0.05) is 11.2 Å². The quantitative estimate of drug-likeness (QED) is 0.374. The molecule has 12 heteroatoms. The molecular formula is C23H21FN6O4S. The predicted octanol–water partition coefficient (Wildman–Crippen LogP) is 3.73. The lowest BCUT2D eigenvalue weighted by Crippen LogP contribution is -2.14. The molecular weight excluding hydrogens is 475 g/mol. The molecule has 0 unspecified atom stereocenters. The first kappa shape index (κ1) is 24.1. The molecule has 2 N–H and O–H groups in total. The number of rotatable bonds is 8. The van der Waals surface area contributed by atoms with E-state index in [0.717, 1.165) is 11.3 Å². The van der Waals surface area contributed by atoms with Crippen molar-refractivity contribution in [3.63, 3.8) is 0 Å². The van der Waals surface area contributed by atoms with Crippen molar-refractivity contribution in [2.45, 2.75) is 26.6 Å². The molecule has 0 saturated carbocycles. The smallest absolute Gasteiger partial charge is 0.296 e. The fourth-order valence-electron chi connectivity index (χ4n) is 3.16. The molecule has 0 spiro atoms. The summed E-state index contributed by atoms with van der Waals surface area (Å²) < 4.78 is 25.6. The van der Waals surface area contributed by atoms with E-state index in [4.69, 9.17) is 9.47 Å². The summed E-state index contributed by atoms with van der Waals surface area (Å²) in [6, 6.07) is 6.06. The van der Waals surface area contributed by atoms with Crippen molar-refractivity contribution >= 4 is 22.4 Å². The van der Waals surface area contributed by atoms with Gasteiger partial charge in [-0.2, -0.15) is 0 Å². The zero-order valence-electron chi connectivity index (χ0n) is 19.0. The predicted molar refractivity (Wildman–Crippen MR) is 126 cm³/mol. The molecule has 10 nitrogen and oxygen atoms in total. The standard InChI is InChI=1S/C23H21FN6O4S/c1-12-7-15(20-17(24)5-4-6-19(20)33-3)16(9-25-12)21(32)28-22-29-30-23(35-22)34-11-14-8-27-18(10-26-14)13(2)31/h4-10,13,31H,11H2,1-3H3,(H,28,29,32)/t13-/m1/s1. The molecule has 1 aromatic carbocycles. The summed E-state index contributed by atoms with van der Waals surface area (Å²) in [6.07, 6.45) is 3.62. The lowest BCUT2D eigenvalue weighted by molar-refractivity contribution is 0.102. The highest BCUT2D eigenvalue weighted by molar-refractivity contribution is 7.17. The largest absolute Gasteiger partial charge is 0.496 e. The summed E-state index contributed by atoms with van der Waals surface area (Å²) in [5.74, 6) is -0.777. The molecule has 0 aliphatic rings. The molecule has 180 valence electrons. The third-order valence-corrected chi connectivity index (χ3v) is 5.62. The Balaban J connectivity index is 1.50. The summed E-state index contributed by atoms with van der Waals surface area (Å²) in [7, 11) is 1.43. The van der Waals surface area contributed by atoms with Crippen LogP contribution in [-0.2, 0) is 6.61 Å². The number of aryl methyl sites for hydroxylation is 1. The third kappa shape index (κ3) is 5.55. The number of pyridine rings is 1. The number of anilines is 1. The van der Waals surface area contributed by atoms with Crippen molar-refractivity contribution < 1.29 is 23.8 Å². The van der Waals surface area contributed by atoms with E-state index in [1.54, 1.807) is 26.0 Å². The van der Waals surface area contributed by atoms with Crippen LogP contribution in [0.2, 0.25) is 0 Å². The number of aliphatic hydroxyl groups is 1. The first-order valence-corrected chi connectivity index (χ1v) is 11.2. The third-order valence-electron chi connectivity index (χ3n) is 4.87. The summed E-state index contributed by atoms with van der Waals surface area (Å²) in [5.41, 5.74) is 2.24. The van der Waals surface area contributed by atoms with E-state index in [0.29, 0.717) is 28.4 Å². The number of amides is 1. The van der Waals surface area contributed by atoms with Crippen molar-refractivity contribution in [1.29, 1.82) is 0 Å². The molecule has 0 bridgehead atoms. The second-order valence-corrected chi connectivity index (χ2v) is 8.35. The van der Waals surface area contributed by atoms with E-state index in [2.05, 4.69) is 30.5 Å². The molecule has 0 aliphatic carbocycles. The first-order chi connectivity index (χ1) is 16.9. The SMILES string of the molecule is COc1cccc(F)c1-c1cc(C)ncc1C(=O)Nc1nnc(OCc2cnc([C@@H](C)O)cn2)s1. The normalized spacial score (nSPS) is 11.7. The molecule has 35 heavy (non-hydrogen) atoms. The van der Waals surface area contributed by atoms with Gasteiger partial charge in [-0.15, -0.1) is 5.10 Å². The van der Waals surface area contributed by atoms with Crippen LogP contribution in [0, 0.1) is 12.7 Å². The maximum absolute atomic E-state index is 14.7. The summed E-state index contributed by atoms with van der Waals surface area (Å²) >= 11 is 1.02. The molecule has 4 rings (SSSR count). The molecule has 4 aromatic rings. The van der Waals surface area contributed by atoms with Crippen LogP contribution in [0.25, 0.3) is 11.1 Å². The minimum atomic E-state index is -0.712. The number of methoxy groups -OCH3 is 1. The summed E-state index contributed by atoms with van der Waals surface area (Å²) in [5, 5.41) is 20.4. The lowest BCUT2D eigenvalue weighted by atomic mass is 9.98. The van der Waals surface area contributed by atoms with Gasteiger partial charge in [0.05, 0.1) is 48.1 Å². The Morgan fingerprint density at radius 1 is 1.20 bits per heavy atom. The Morgan fingerprint density at radius 2 is 2.03 bits per heavy atom. The van der Waals surface area contributed by atoms with Crippen LogP contribution in [0.15, 0.2) is 42.9 Å². The van der Waals surface area contributed by atoms with Gasteiger partial charge >= 0.3 is 0 Å². The van der Waals surface area contributed by atoms with Gasteiger partial charge in [-0.3, -0.25) is 25.1 Å². The minimum absolute atomic E-state index is 0.0782. The molecule has 1 atom stereocenters. The highest BCUT2D eigenvalue weighted by Crippen LogP contribution is 2.35. The number of nitrogens with zero attached hydrogens (tertiary/aromatic N) is 5. The van der Waals surface area contributed by atoms with Gasteiger partial charge in [0.1, 0.15) is 18.2 Å². The number of ether oxygens (including phenoxy) is 2. The van der Waals surface area contributed by atoms with E-state index in [1.807, 2.05) is 0 Å². The van der Waals surface area contributed by atoms with Gasteiger partial charge in [-0.25, -0.2) is 4.39 Å². The number of halogens is 1. The van der Waals surface area contributed by atoms with Crippen LogP contribution in [0.5, 0.6) is 10.9 Å².